The normalized spacial score (nSPS) is 13.9. The van der Waals surface area contributed by atoms with Gasteiger partial charge < -0.3 is 14.2 Å². The number of allylic oxidation sites excluding steroid dienone is 39. The first kappa shape index (κ1) is 74.2. The lowest BCUT2D eigenvalue weighted by atomic mass is 10.2. The van der Waals surface area contributed by atoms with Gasteiger partial charge in [-0.1, -0.05) is 264 Å². The predicted octanol–water partition coefficient (Wildman–Crippen LogP) is 21.3. The summed E-state index contributed by atoms with van der Waals surface area (Å²) in [5.41, 5.74) is 0. The van der Waals surface area contributed by atoms with Crippen molar-refractivity contribution in [3.05, 3.63) is 243 Å². The molecule has 0 saturated heterocycles. The van der Waals surface area contributed by atoms with Gasteiger partial charge in [-0.2, -0.15) is 0 Å². The van der Waals surface area contributed by atoms with Gasteiger partial charge in [-0.25, -0.2) is 0 Å². The van der Waals surface area contributed by atoms with Crippen LogP contribution >= 0.6 is 0 Å². The topological polar surface area (TPSA) is 78.9 Å². The Bertz CT molecular complexity index is 2140. The van der Waals surface area contributed by atoms with Gasteiger partial charge in [0.05, 0.1) is 6.42 Å². The van der Waals surface area contributed by atoms with Gasteiger partial charge >= 0.3 is 17.9 Å². The highest BCUT2D eigenvalue weighted by molar-refractivity contribution is 5.72. The van der Waals surface area contributed by atoms with E-state index in [1.54, 1.807) is 6.08 Å². The second kappa shape index (κ2) is 65.7. The standard InChI is InChI=1S/C75H106O6/c1-4-7-10-13-16-19-22-25-28-30-32-33-34-35-36-37-38-39-40-41-43-44-47-50-53-56-59-62-65-68-74(77)80-71-72(70-79-73(76)67-64-61-58-55-52-49-46-27-24-21-18-15-12-9-6-3)81-75(78)69-66-63-60-57-54-51-48-45-42-31-29-26-23-20-17-14-11-8-5-2/h7-12,16-21,25-29,32-33,35-36,38-39,41-43,45-47,50-52,54-56,59-61,63-64,72H,4-6,13-15,22-24,30-31,34,37,40,44,48-49,53,57-58,62,65-71H2,1-3H3/b10-7-,11-8-,12-9-,19-16-,20-17-,21-18-,28-25-,29-26-,33-32-,36-35-,39-38-,43-41-,45-42-,46-27-,50-47-,54-51-,55-52-,59-56-,63-60-,64-61-. The molecule has 0 heterocycles. The van der Waals surface area contributed by atoms with Crippen LogP contribution in [0.1, 0.15) is 188 Å². The molecule has 0 rings (SSSR count). The third-order valence-corrected chi connectivity index (χ3v) is 11.4. The van der Waals surface area contributed by atoms with Crippen molar-refractivity contribution >= 4 is 17.9 Å². The van der Waals surface area contributed by atoms with Crippen LogP contribution in [0.4, 0.5) is 0 Å². The first-order valence-corrected chi connectivity index (χ1v) is 30.5. The van der Waals surface area contributed by atoms with Crippen molar-refractivity contribution in [3.63, 3.8) is 0 Å². The maximum Gasteiger partial charge on any atom is 0.309 e. The van der Waals surface area contributed by atoms with Crippen molar-refractivity contribution in [1.82, 2.24) is 0 Å². The fourth-order valence-corrected chi connectivity index (χ4v) is 6.95. The number of rotatable bonds is 51. The molecule has 0 aliphatic heterocycles. The van der Waals surface area contributed by atoms with Gasteiger partial charge in [0, 0.05) is 12.8 Å². The van der Waals surface area contributed by atoms with Crippen LogP contribution in [0.15, 0.2) is 243 Å². The van der Waals surface area contributed by atoms with Crippen LogP contribution in [0.5, 0.6) is 0 Å². The Kier molecular flexibility index (Phi) is 60.2. The minimum atomic E-state index is -0.901. The molecule has 0 aromatic rings. The summed E-state index contributed by atoms with van der Waals surface area (Å²) in [5, 5.41) is 0. The van der Waals surface area contributed by atoms with Crippen molar-refractivity contribution in [1.29, 1.82) is 0 Å². The minimum absolute atomic E-state index is 0.0861. The molecule has 0 fully saturated rings. The number of unbranched alkanes of at least 4 members (excludes halogenated alkanes) is 1. The first-order valence-electron chi connectivity index (χ1n) is 30.5. The monoisotopic (exact) mass is 1100 g/mol. The van der Waals surface area contributed by atoms with Gasteiger partial charge in [0.25, 0.3) is 0 Å². The van der Waals surface area contributed by atoms with Crippen LogP contribution in [-0.4, -0.2) is 37.2 Å². The van der Waals surface area contributed by atoms with Crippen LogP contribution in [0.2, 0.25) is 0 Å². The Morgan fingerprint density at radius 1 is 0.259 bits per heavy atom. The summed E-state index contributed by atoms with van der Waals surface area (Å²) >= 11 is 0. The highest BCUT2D eigenvalue weighted by Crippen LogP contribution is 2.08. The summed E-state index contributed by atoms with van der Waals surface area (Å²) in [7, 11) is 0. The molecular weight excluding hydrogens is 997 g/mol. The lowest BCUT2D eigenvalue weighted by Gasteiger charge is -2.18. The van der Waals surface area contributed by atoms with Gasteiger partial charge in [0.2, 0.25) is 0 Å². The number of hydrogen-bond donors (Lipinski definition) is 0. The molecule has 0 aliphatic rings. The zero-order valence-electron chi connectivity index (χ0n) is 50.4. The van der Waals surface area contributed by atoms with Crippen LogP contribution in [0.3, 0.4) is 0 Å². The fraction of sp³-hybridized carbons (Fsp3) is 0.427. The summed E-state index contributed by atoms with van der Waals surface area (Å²) in [6, 6.07) is 0. The summed E-state index contributed by atoms with van der Waals surface area (Å²) < 4.78 is 16.6. The quantitative estimate of drug-likeness (QED) is 0.0261. The largest absolute Gasteiger partial charge is 0.462 e. The molecule has 0 bridgehead atoms. The maximum absolute atomic E-state index is 12.8. The Balaban J connectivity index is 4.69. The van der Waals surface area contributed by atoms with Gasteiger partial charge in [-0.15, -0.1) is 0 Å². The van der Waals surface area contributed by atoms with Gasteiger partial charge in [-0.05, 0) is 148 Å². The zero-order chi connectivity index (χ0) is 58.5. The molecule has 0 radical (unpaired) electrons. The zero-order valence-corrected chi connectivity index (χ0v) is 50.4. The molecule has 0 spiro atoms. The molecule has 0 aromatic heterocycles. The lowest BCUT2D eigenvalue weighted by Crippen LogP contribution is -2.30. The third-order valence-electron chi connectivity index (χ3n) is 11.4. The smallest absolute Gasteiger partial charge is 0.309 e. The molecule has 1 unspecified atom stereocenters. The summed E-state index contributed by atoms with van der Waals surface area (Å²) in [6.07, 6.45) is 106. The average Bonchev–Trinajstić information content (AvgIpc) is 3.47. The van der Waals surface area contributed by atoms with Crippen molar-refractivity contribution < 1.29 is 28.6 Å². The predicted molar refractivity (Wildman–Crippen MR) is 352 cm³/mol. The highest BCUT2D eigenvalue weighted by Gasteiger charge is 2.19. The third kappa shape index (κ3) is 63.9. The molecule has 0 amide bonds. The van der Waals surface area contributed by atoms with E-state index in [9.17, 15) is 14.4 Å². The summed E-state index contributed by atoms with van der Waals surface area (Å²) in [4.78, 5) is 38.1. The molecule has 0 aromatic carbocycles. The molecule has 0 N–H and O–H groups in total. The number of hydrogen-bond acceptors (Lipinski definition) is 6. The van der Waals surface area contributed by atoms with Crippen LogP contribution in [0, 0.1) is 0 Å². The SMILES string of the molecule is CC/C=C\C/C=C\C/C=C\C/C=C\C/C=C\C/C=C\C/C=C\C/C=C\C/C=C\CCCC(=O)OCC(COC(=O)C/C=C\C/C=C\C/C=C\C/C=C\C/C=C\CC)OC(=O)CC/C=C\C/C=C\C/C=C\C/C=C\C/C=C\C/C=C\CC. The number of esters is 3. The van der Waals surface area contributed by atoms with E-state index >= 15 is 0 Å². The van der Waals surface area contributed by atoms with E-state index in [0.717, 1.165) is 128 Å². The molecule has 442 valence electrons. The first-order chi connectivity index (χ1) is 40.0. The lowest BCUT2D eigenvalue weighted by molar-refractivity contribution is -0.166. The number of carbonyl (C=O) groups is 3. The van der Waals surface area contributed by atoms with E-state index < -0.39 is 18.0 Å². The van der Waals surface area contributed by atoms with Crippen molar-refractivity contribution in [2.45, 2.75) is 194 Å². The summed E-state index contributed by atoms with van der Waals surface area (Å²) in [5.74, 6) is -1.28. The molecule has 81 heavy (non-hydrogen) atoms. The highest BCUT2D eigenvalue weighted by atomic mass is 16.6. The van der Waals surface area contributed by atoms with Crippen LogP contribution in [0.25, 0.3) is 0 Å². The number of ether oxygens (including phenoxy) is 3. The average molecular weight is 1100 g/mol. The molecule has 6 heteroatoms. The Morgan fingerprint density at radius 2 is 0.494 bits per heavy atom. The number of carbonyl (C=O) groups excluding carboxylic acids is 3. The minimum Gasteiger partial charge on any atom is -0.462 e. The Morgan fingerprint density at radius 3 is 0.778 bits per heavy atom. The molecule has 6 nitrogen and oxygen atoms in total. The van der Waals surface area contributed by atoms with Crippen LogP contribution in [-0.2, 0) is 28.6 Å². The molecule has 0 saturated carbocycles. The van der Waals surface area contributed by atoms with Crippen LogP contribution < -0.4 is 0 Å². The van der Waals surface area contributed by atoms with E-state index in [2.05, 4.69) is 240 Å². The van der Waals surface area contributed by atoms with E-state index in [1.807, 2.05) is 18.2 Å². The molecular formula is C75H106O6. The van der Waals surface area contributed by atoms with Crippen molar-refractivity contribution in [2.24, 2.45) is 0 Å². The maximum atomic E-state index is 12.8. The van der Waals surface area contributed by atoms with E-state index in [0.29, 0.717) is 19.3 Å². The van der Waals surface area contributed by atoms with Gasteiger partial charge in [0.1, 0.15) is 13.2 Å². The molecule has 0 aliphatic carbocycles. The Labute approximate surface area is 494 Å². The molecule has 1 atom stereocenters. The van der Waals surface area contributed by atoms with E-state index in [-0.39, 0.29) is 38.4 Å². The van der Waals surface area contributed by atoms with Crippen molar-refractivity contribution in [3.8, 4) is 0 Å². The second-order valence-electron chi connectivity index (χ2n) is 18.8. The van der Waals surface area contributed by atoms with Crippen molar-refractivity contribution in [2.75, 3.05) is 13.2 Å². The van der Waals surface area contributed by atoms with E-state index in [4.69, 9.17) is 14.2 Å². The second-order valence-corrected chi connectivity index (χ2v) is 18.8. The fourth-order valence-electron chi connectivity index (χ4n) is 6.95. The van der Waals surface area contributed by atoms with Gasteiger partial charge in [0.15, 0.2) is 6.10 Å². The van der Waals surface area contributed by atoms with Gasteiger partial charge in [-0.3, -0.25) is 14.4 Å². The Hall–Kier alpha value is -6.79. The van der Waals surface area contributed by atoms with E-state index in [1.165, 1.54) is 0 Å². The summed E-state index contributed by atoms with van der Waals surface area (Å²) in [6.45, 7) is 6.06.